The highest BCUT2D eigenvalue weighted by Gasteiger charge is 2.31. The average Bonchev–Trinajstić information content (AvgIpc) is 2.10. The number of carbonyl (C=O) groups is 2. The second-order valence-electron chi connectivity index (χ2n) is 4.09. The predicted octanol–water partition coefficient (Wildman–Crippen LogP) is 1.90. The summed E-state index contributed by atoms with van der Waals surface area (Å²) in [7, 11) is 1.26. The van der Waals surface area contributed by atoms with Crippen LogP contribution in [0.2, 0.25) is 0 Å². The molecule has 0 aliphatic carbocycles. The fourth-order valence-corrected chi connectivity index (χ4v) is 1.41. The van der Waals surface area contributed by atoms with Crippen molar-refractivity contribution in [3.63, 3.8) is 0 Å². The van der Waals surface area contributed by atoms with E-state index in [0.717, 1.165) is 0 Å². The van der Waals surface area contributed by atoms with Gasteiger partial charge in [0.2, 0.25) is 0 Å². The maximum atomic E-state index is 11.6. The number of esters is 2. The number of halogens is 1. The van der Waals surface area contributed by atoms with Crippen LogP contribution >= 0.6 is 15.9 Å². The van der Waals surface area contributed by atoms with Gasteiger partial charge in [0.05, 0.1) is 7.11 Å². The third kappa shape index (κ3) is 5.77. The van der Waals surface area contributed by atoms with Crippen LogP contribution in [0.5, 0.6) is 0 Å². The Morgan fingerprint density at radius 2 is 1.80 bits per heavy atom. The average molecular weight is 281 g/mol. The summed E-state index contributed by atoms with van der Waals surface area (Å²) in [6, 6.07) is 0. The predicted molar refractivity (Wildman–Crippen MR) is 59.8 cm³/mol. The summed E-state index contributed by atoms with van der Waals surface area (Å²) in [6.07, 6.45) is 0.377. The molecule has 0 radical (unpaired) electrons. The third-order valence-corrected chi connectivity index (χ3v) is 2.03. The van der Waals surface area contributed by atoms with Crippen molar-refractivity contribution in [1.29, 1.82) is 0 Å². The van der Waals surface area contributed by atoms with Crippen molar-refractivity contribution in [3.05, 3.63) is 0 Å². The van der Waals surface area contributed by atoms with E-state index < -0.39 is 23.5 Å². The van der Waals surface area contributed by atoms with E-state index in [9.17, 15) is 9.59 Å². The van der Waals surface area contributed by atoms with E-state index in [0.29, 0.717) is 11.8 Å². The van der Waals surface area contributed by atoms with Crippen LogP contribution in [0.3, 0.4) is 0 Å². The number of carbonyl (C=O) groups excluding carboxylic acids is 2. The molecule has 0 saturated heterocycles. The number of alkyl halides is 1. The van der Waals surface area contributed by atoms with E-state index in [1.165, 1.54) is 7.11 Å². The molecule has 0 heterocycles. The minimum atomic E-state index is -0.839. The Labute approximate surface area is 98.4 Å². The molecule has 88 valence electrons. The first-order valence-corrected chi connectivity index (χ1v) is 5.80. The number of methoxy groups -OCH3 is 1. The summed E-state index contributed by atoms with van der Waals surface area (Å²) in [5.41, 5.74) is -0.588. The smallest absolute Gasteiger partial charge is 0.320 e. The van der Waals surface area contributed by atoms with Gasteiger partial charge in [-0.3, -0.25) is 9.59 Å². The molecule has 0 aromatic carbocycles. The summed E-state index contributed by atoms with van der Waals surface area (Å²) >= 11 is 3.18. The van der Waals surface area contributed by atoms with Crippen LogP contribution in [0.25, 0.3) is 0 Å². The minimum Gasteiger partial charge on any atom is -0.468 e. The SMILES string of the molecule is COC(=O)C(CCBr)C(=O)OC(C)(C)C. The Bertz CT molecular complexity index is 232. The van der Waals surface area contributed by atoms with Gasteiger partial charge in [0.25, 0.3) is 0 Å². The molecule has 0 aliphatic heterocycles. The topological polar surface area (TPSA) is 52.6 Å². The van der Waals surface area contributed by atoms with E-state index in [-0.39, 0.29) is 0 Å². The highest BCUT2D eigenvalue weighted by molar-refractivity contribution is 9.09. The van der Waals surface area contributed by atoms with E-state index in [1.54, 1.807) is 20.8 Å². The number of hydrogen-bond donors (Lipinski definition) is 0. The second-order valence-corrected chi connectivity index (χ2v) is 4.88. The molecule has 0 aromatic rings. The summed E-state index contributed by atoms with van der Waals surface area (Å²) in [5, 5.41) is 0.548. The summed E-state index contributed by atoms with van der Waals surface area (Å²) < 4.78 is 9.65. The molecule has 0 fully saturated rings. The third-order valence-electron chi connectivity index (χ3n) is 1.57. The first-order valence-electron chi connectivity index (χ1n) is 4.68. The van der Waals surface area contributed by atoms with Gasteiger partial charge in [0.1, 0.15) is 5.60 Å². The molecule has 0 rings (SSSR count). The zero-order chi connectivity index (χ0) is 12.1. The van der Waals surface area contributed by atoms with Crippen LogP contribution < -0.4 is 0 Å². The van der Waals surface area contributed by atoms with Crippen LogP contribution in [-0.4, -0.2) is 30.0 Å². The molecule has 0 spiro atoms. The molecular formula is C10H17BrO4. The van der Waals surface area contributed by atoms with Gasteiger partial charge in [0.15, 0.2) is 5.92 Å². The summed E-state index contributed by atoms with van der Waals surface area (Å²) in [6.45, 7) is 5.27. The van der Waals surface area contributed by atoms with E-state index >= 15 is 0 Å². The molecule has 1 unspecified atom stereocenters. The molecule has 1 atom stereocenters. The lowest BCUT2D eigenvalue weighted by Gasteiger charge is -2.22. The lowest BCUT2D eigenvalue weighted by molar-refractivity contribution is -0.168. The highest BCUT2D eigenvalue weighted by atomic mass is 79.9. The molecule has 4 nitrogen and oxygen atoms in total. The molecule has 0 aliphatic rings. The zero-order valence-electron chi connectivity index (χ0n) is 9.50. The van der Waals surface area contributed by atoms with Crippen molar-refractivity contribution in [2.75, 3.05) is 12.4 Å². The van der Waals surface area contributed by atoms with Crippen LogP contribution in [-0.2, 0) is 19.1 Å². The normalized spacial score (nSPS) is 13.1. The lowest BCUT2D eigenvalue weighted by atomic mass is 10.1. The van der Waals surface area contributed by atoms with E-state index in [2.05, 4.69) is 20.7 Å². The molecule has 0 saturated carbocycles. The van der Waals surface area contributed by atoms with Gasteiger partial charge >= 0.3 is 11.9 Å². The summed E-state index contributed by atoms with van der Waals surface area (Å²) in [5.74, 6) is -1.92. The molecule has 0 amide bonds. The zero-order valence-corrected chi connectivity index (χ0v) is 11.1. The quantitative estimate of drug-likeness (QED) is 0.448. The first-order chi connectivity index (χ1) is 6.81. The number of hydrogen-bond acceptors (Lipinski definition) is 4. The molecule has 0 aromatic heterocycles. The monoisotopic (exact) mass is 280 g/mol. The molecule has 15 heavy (non-hydrogen) atoms. The maximum Gasteiger partial charge on any atom is 0.320 e. The van der Waals surface area contributed by atoms with Crippen molar-refractivity contribution < 1.29 is 19.1 Å². The Hall–Kier alpha value is -0.580. The Balaban J connectivity index is 4.49. The highest BCUT2D eigenvalue weighted by Crippen LogP contribution is 2.15. The molecule has 0 bridgehead atoms. The van der Waals surface area contributed by atoms with Gasteiger partial charge in [-0.1, -0.05) is 15.9 Å². The molecule has 5 heteroatoms. The van der Waals surface area contributed by atoms with Crippen molar-refractivity contribution in [2.24, 2.45) is 5.92 Å². The van der Waals surface area contributed by atoms with Crippen LogP contribution in [0, 0.1) is 5.92 Å². The van der Waals surface area contributed by atoms with Crippen molar-refractivity contribution >= 4 is 27.9 Å². The fraction of sp³-hybridized carbons (Fsp3) is 0.800. The summed E-state index contributed by atoms with van der Waals surface area (Å²) in [4.78, 5) is 22.9. The van der Waals surface area contributed by atoms with Gasteiger partial charge in [-0.2, -0.15) is 0 Å². The molecule has 0 N–H and O–H groups in total. The second kappa shape index (κ2) is 6.10. The maximum absolute atomic E-state index is 11.6. The Kier molecular flexibility index (Phi) is 5.87. The molecular weight excluding hydrogens is 264 g/mol. The van der Waals surface area contributed by atoms with Crippen molar-refractivity contribution in [2.45, 2.75) is 32.8 Å². The first kappa shape index (κ1) is 14.4. The van der Waals surface area contributed by atoms with Gasteiger partial charge in [-0.05, 0) is 27.2 Å². The Morgan fingerprint density at radius 1 is 1.27 bits per heavy atom. The van der Waals surface area contributed by atoms with E-state index in [1.807, 2.05) is 0 Å². The van der Waals surface area contributed by atoms with Crippen LogP contribution in [0.1, 0.15) is 27.2 Å². The van der Waals surface area contributed by atoms with Crippen molar-refractivity contribution in [3.8, 4) is 0 Å². The number of rotatable bonds is 4. The van der Waals surface area contributed by atoms with Gasteiger partial charge in [-0.25, -0.2) is 0 Å². The number of ether oxygens (including phenoxy) is 2. The Morgan fingerprint density at radius 3 is 2.13 bits per heavy atom. The van der Waals surface area contributed by atoms with Crippen LogP contribution in [0.15, 0.2) is 0 Å². The minimum absolute atomic E-state index is 0.377. The largest absolute Gasteiger partial charge is 0.468 e. The van der Waals surface area contributed by atoms with Gasteiger partial charge < -0.3 is 9.47 Å². The standard InChI is InChI=1S/C10H17BrO4/c1-10(2,3)15-9(13)7(5-6-11)8(12)14-4/h7H,5-6H2,1-4H3. The van der Waals surface area contributed by atoms with Crippen LogP contribution in [0.4, 0.5) is 0 Å². The van der Waals surface area contributed by atoms with Gasteiger partial charge in [-0.15, -0.1) is 0 Å². The van der Waals surface area contributed by atoms with E-state index in [4.69, 9.17) is 4.74 Å². The fourth-order valence-electron chi connectivity index (χ4n) is 0.956. The van der Waals surface area contributed by atoms with Crippen molar-refractivity contribution in [1.82, 2.24) is 0 Å². The van der Waals surface area contributed by atoms with Gasteiger partial charge in [0, 0.05) is 5.33 Å². The lowest BCUT2D eigenvalue weighted by Crippen LogP contribution is -2.33.